The third kappa shape index (κ3) is 4.73. The van der Waals surface area contributed by atoms with E-state index in [1.807, 2.05) is 30.3 Å². The van der Waals surface area contributed by atoms with Crippen LogP contribution >= 0.6 is 11.8 Å². The minimum atomic E-state index is -1.00. The van der Waals surface area contributed by atoms with E-state index in [0.717, 1.165) is 5.56 Å². The van der Waals surface area contributed by atoms with Gasteiger partial charge in [0.1, 0.15) is 6.04 Å². The van der Waals surface area contributed by atoms with Crippen LogP contribution in [0.5, 0.6) is 0 Å². The molecule has 1 amide bonds. The number of rotatable bonds is 6. The SMILES string of the molecule is COC(=O)[C@@H](NC(=O)Cc1ccccc1)[C@@H]1N[C@@H](C(=O)O)C(C)(C)S1. The van der Waals surface area contributed by atoms with Crippen molar-refractivity contribution >= 4 is 29.6 Å². The van der Waals surface area contributed by atoms with Gasteiger partial charge >= 0.3 is 11.9 Å². The third-order valence-corrected chi connectivity index (χ3v) is 5.49. The summed E-state index contributed by atoms with van der Waals surface area (Å²) in [7, 11) is 1.23. The minimum Gasteiger partial charge on any atom is -0.480 e. The second-order valence-electron chi connectivity index (χ2n) is 6.31. The molecular weight excluding hydrogens is 344 g/mol. The fourth-order valence-electron chi connectivity index (χ4n) is 2.72. The predicted molar refractivity (Wildman–Crippen MR) is 94.1 cm³/mol. The van der Waals surface area contributed by atoms with Gasteiger partial charge in [-0.05, 0) is 19.4 Å². The van der Waals surface area contributed by atoms with E-state index >= 15 is 0 Å². The number of methoxy groups -OCH3 is 1. The number of benzene rings is 1. The zero-order chi connectivity index (χ0) is 18.6. The first-order valence-corrected chi connectivity index (χ1v) is 8.70. The molecule has 1 aliphatic heterocycles. The van der Waals surface area contributed by atoms with Crippen molar-refractivity contribution in [2.75, 3.05) is 7.11 Å². The van der Waals surface area contributed by atoms with Gasteiger partial charge in [0.15, 0.2) is 6.04 Å². The summed E-state index contributed by atoms with van der Waals surface area (Å²) in [5.74, 6) is -1.95. The van der Waals surface area contributed by atoms with Crippen LogP contribution in [0.1, 0.15) is 19.4 Å². The molecule has 1 saturated heterocycles. The number of amides is 1. The normalized spacial score (nSPS) is 22.8. The second-order valence-corrected chi connectivity index (χ2v) is 8.11. The predicted octanol–water partition coefficient (Wildman–Crippen LogP) is 0.781. The van der Waals surface area contributed by atoms with E-state index in [9.17, 15) is 19.5 Å². The van der Waals surface area contributed by atoms with Gasteiger partial charge in [-0.25, -0.2) is 4.79 Å². The van der Waals surface area contributed by atoms with E-state index in [2.05, 4.69) is 10.6 Å². The highest BCUT2D eigenvalue weighted by Gasteiger charge is 2.49. The van der Waals surface area contributed by atoms with Crippen LogP contribution in [-0.2, 0) is 25.5 Å². The monoisotopic (exact) mass is 366 g/mol. The molecular formula is C17H22N2O5S. The van der Waals surface area contributed by atoms with Gasteiger partial charge in [-0.2, -0.15) is 0 Å². The number of hydrogen-bond acceptors (Lipinski definition) is 6. The number of thioether (sulfide) groups is 1. The Balaban J connectivity index is 2.10. The summed E-state index contributed by atoms with van der Waals surface area (Å²) < 4.78 is 4.15. The molecule has 0 spiro atoms. The number of esters is 1. The van der Waals surface area contributed by atoms with Gasteiger partial charge in [0, 0.05) is 4.75 Å². The lowest BCUT2D eigenvalue weighted by Crippen LogP contribution is -2.54. The average molecular weight is 366 g/mol. The maximum absolute atomic E-state index is 12.3. The highest BCUT2D eigenvalue weighted by atomic mass is 32.2. The molecule has 0 radical (unpaired) electrons. The maximum Gasteiger partial charge on any atom is 0.330 e. The van der Waals surface area contributed by atoms with Gasteiger partial charge in [0.05, 0.1) is 18.9 Å². The summed E-state index contributed by atoms with van der Waals surface area (Å²) in [4.78, 5) is 35.9. The van der Waals surface area contributed by atoms with Gasteiger partial charge in [-0.3, -0.25) is 14.9 Å². The fraction of sp³-hybridized carbons (Fsp3) is 0.471. The number of hydrogen-bond donors (Lipinski definition) is 3. The summed E-state index contributed by atoms with van der Waals surface area (Å²) in [5.41, 5.74) is 0.819. The number of carboxylic acid groups (broad SMARTS) is 1. The number of aliphatic carboxylic acids is 1. The Morgan fingerprint density at radius 3 is 2.48 bits per heavy atom. The number of nitrogens with one attached hydrogen (secondary N) is 2. The number of carbonyl (C=O) groups excluding carboxylic acids is 2. The number of carboxylic acids is 1. The van der Waals surface area contributed by atoms with Crippen molar-refractivity contribution in [1.29, 1.82) is 0 Å². The Morgan fingerprint density at radius 2 is 1.96 bits per heavy atom. The van der Waals surface area contributed by atoms with E-state index in [1.165, 1.54) is 18.9 Å². The zero-order valence-corrected chi connectivity index (χ0v) is 15.1. The molecule has 0 aliphatic carbocycles. The highest BCUT2D eigenvalue weighted by molar-refractivity contribution is 8.01. The molecule has 1 fully saturated rings. The van der Waals surface area contributed by atoms with E-state index in [-0.39, 0.29) is 12.3 Å². The molecule has 2 rings (SSSR count). The van der Waals surface area contributed by atoms with E-state index in [4.69, 9.17) is 4.74 Å². The summed E-state index contributed by atoms with van der Waals surface area (Å²) >= 11 is 1.30. The van der Waals surface area contributed by atoms with E-state index in [1.54, 1.807) is 13.8 Å². The zero-order valence-electron chi connectivity index (χ0n) is 14.3. The molecule has 0 saturated carbocycles. The first-order chi connectivity index (χ1) is 11.7. The molecule has 1 aromatic carbocycles. The Labute approximate surface area is 150 Å². The molecule has 0 bridgehead atoms. The second kappa shape index (κ2) is 7.88. The Kier molecular flexibility index (Phi) is 6.07. The molecule has 1 heterocycles. The molecule has 3 atom stereocenters. The van der Waals surface area contributed by atoms with Crippen molar-refractivity contribution in [2.24, 2.45) is 0 Å². The Morgan fingerprint density at radius 1 is 1.32 bits per heavy atom. The minimum absolute atomic E-state index is 0.122. The third-order valence-electron chi connectivity index (χ3n) is 3.99. The van der Waals surface area contributed by atoms with Gasteiger partial charge < -0.3 is 15.2 Å². The first-order valence-electron chi connectivity index (χ1n) is 7.82. The molecule has 25 heavy (non-hydrogen) atoms. The van der Waals surface area contributed by atoms with Crippen molar-refractivity contribution in [3.05, 3.63) is 35.9 Å². The summed E-state index contributed by atoms with van der Waals surface area (Å²) in [5, 5.41) is 14.3. The summed E-state index contributed by atoms with van der Waals surface area (Å²) in [6, 6.07) is 7.34. The maximum atomic E-state index is 12.3. The lowest BCUT2D eigenvalue weighted by Gasteiger charge is -2.23. The van der Waals surface area contributed by atoms with Crippen LogP contribution in [0.25, 0.3) is 0 Å². The van der Waals surface area contributed by atoms with Crippen LogP contribution in [0.4, 0.5) is 0 Å². The van der Waals surface area contributed by atoms with Crippen LogP contribution in [0, 0.1) is 0 Å². The van der Waals surface area contributed by atoms with E-state index < -0.39 is 34.1 Å². The van der Waals surface area contributed by atoms with Gasteiger partial charge in [0.2, 0.25) is 5.91 Å². The molecule has 0 aromatic heterocycles. The number of ether oxygens (including phenoxy) is 1. The van der Waals surface area contributed by atoms with Crippen LogP contribution in [0.15, 0.2) is 30.3 Å². The number of carbonyl (C=O) groups is 3. The molecule has 1 aliphatic rings. The molecule has 3 N–H and O–H groups in total. The molecule has 136 valence electrons. The van der Waals surface area contributed by atoms with Crippen LogP contribution in [0.3, 0.4) is 0 Å². The fourth-order valence-corrected chi connectivity index (χ4v) is 4.20. The topological polar surface area (TPSA) is 105 Å². The van der Waals surface area contributed by atoms with Crippen molar-refractivity contribution in [3.63, 3.8) is 0 Å². The van der Waals surface area contributed by atoms with Crippen LogP contribution in [-0.4, -0.2) is 52.3 Å². The largest absolute Gasteiger partial charge is 0.480 e. The first kappa shape index (κ1) is 19.3. The van der Waals surface area contributed by atoms with Crippen molar-refractivity contribution < 1.29 is 24.2 Å². The molecule has 8 heteroatoms. The smallest absolute Gasteiger partial charge is 0.330 e. The quantitative estimate of drug-likeness (QED) is 0.639. The van der Waals surface area contributed by atoms with E-state index in [0.29, 0.717) is 0 Å². The van der Waals surface area contributed by atoms with Crippen molar-refractivity contribution in [2.45, 2.75) is 42.5 Å². The van der Waals surface area contributed by atoms with Gasteiger partial charge in [-0.1, -0.05) is 30.3 Å². The average Bonchev–Trinajstić information content (AvgIpc) is 2.88. The molecule has 7 nitrogen and oxygen atoms in total. The summed E-state index contributed by atoms with van der Waals surface area (Å²) in [6.07, 6.45) is 0.122. The Bertz CT molecular complexity index is 650. The lowest BCUT2D eigenvalue weighted by atomic mass is 10.0. The van der Waals surface area contributed by atoms with Gasteiger partial charge in [-0.15, -0.1) is 11.8 Å². The molecule has 0 unspecified atom stereocenters. The summed E-state index contributed by atoms with van der Waals surface area (Å²) in [6.45, 7) is 3.56. The van der Waals surface area contributed by atoms with Crippen molar-refractivity contribution in [1.82, 2.24) is 10.6 Å². The Hall–Kier alpha value is -2.06. The molecule has 1 aromatic rings. The highest BCUT2D eigenvalue weighted by Crippen LogP contribution is 2.39. The lowest BCUT2D eigenvalue weighted by molar-refractivity contribution is -0.146. The van der Waals surface area contributed by atoms with Gasteiger partial charge in [0.25, 0.3) is 0 Å². The standard InChI is InChI=1S/C17H22N2O5S/c1-17(2)13(15(21)22)19-14(25-17)12(16(23)24-3)18-11(20)9-10-7-5-4-6-8-10/h4-8,12-14,19H,9H2,1-3H3,(H,18,20)(H,21,22)/t12-,13-,14+/m0/s1. The van der Waals surface area contributed by atoms with Crippen LogP contribution in [0.2, 0.25) is 0 Å². The van der Waals surface area contributed by atoms with Crippen molar-refractivity contribution in [3.8, 4) is 0 Å². The van der Waals surface area contributed by atoms with Crippen LogP contribution < -0.4 is 10.6 Å².